The van der Waals surface area contributed by atoms with Crippen molar-refractivity contribution in [2.75, 3.05) is 19.6 Å². The Labute approximate surface area is 368 Å². The zero-order valence-corrected chi connectivity index (χ0v) is 34.5. The molecule has 296 valence electrons. The quantitative estimate of drug-likeness (QED) is 0.142. The van der Waals surface area contributed by atoms with Crippen LogP contribution in [0.15, 0.2) is 249 Å². The monoisotopic (exact) mass is 804 g/mol. The van der Waals surface area contributed by atoms with Crippen LogP contribution in [-0.4, -0.2) is 6.71 Å². The van der Waals surface area contributed by atoms with Crippen LogP contribution >= 0.6 is 0 Å². The third-order valence-corrected chi connectivity index (χ3v) is 12.6. The molecule has 0 unspecified atom stereocenters. The predicted octanol–water partition coefficient (Wildman–Crippen LogP) is 13.9. The molecule has 0 bridgehead atoms. The highest BCUT2D eigenvalue weighted by atomic mass is 15.2. The summed E-state index contributed by atoms with van der Waals surface area (Å²) in [6.07, 6.45) is 0. The smallest absolute Gasteiger partial charge is 0.252 e. The fraction of sp³-hybridized carbons (Fsp3) is 0. The van der Waals surface area contributed by atoms with E-state index in [0.717, 1.165) is 51.2 Å². The highest BCUT2D eigenvalue weighted by Gasteiger charge is 2.43. The third-order valence-electron chi connectivity index (χ3n) is 12.6. The van der Waals surface area contributed by atoms with E-state index in [9.17, 15) is 0 Å². The SMILES string of the molecule is c1ccc(N(c2ccccc2)c2ccc(N3c4cc(N(c5ccccc5)c5ccc6ccccc6c5)ccc4B4c5ccccc5N(c5ccccc5)c5cccc3c54)cc2)cc1. The average molecular weight is 805 g/mol. The molecule has 0 spiro atoms. The van der Waals surface area contributed by atoms with E-state index in [1.807, 2.05) is 0 Å². The number of fused-ring (bicyclic) bond motifs is 5. The molecule has 0 saturated carbocycles. The molecule has 0 aliphatic carbocycles. The van der Waals surface area contributed by atoms with Gasteiger partial charge in [0, 0.05) is 68.2 Å². The number of para-hydroxylation sites is 5. The highest BCUT2D eigenvalue weighted by molar-refractivity contribution is 7.00. The number of rotatable bonds is 8. The average Bonchev–Trinajstić information content (AvgIpc) is 3.35. The maximum atomic E-state index is 2.49. The zero-order chi connectivity index (χ0) is 41.7. The second-order valence-corrected chi connectivity index (χ2v) is 16.2. The first-order chi connectivity index (χ1) is 31.3. The van der Waals surface area contributed by atoms with Crippen molar-refractivity contribution in [3.63, 3.8) is 0 Å². The van der Waals surface area contributed by atoms with E-state index in [2.05, 4.69) is 268 Å². The molecule has 63 heavy (non-hydrogen) atoms. The lowest BCUT2D eigenvalue weighted by Crippen LogP contribution is -2.61. The van der Waals surface area contributed by atoms with E-state index in [0.29, 0.717) is 0 Å². The Morgan fingerprint density at radius 2 is 0.698 bits per heavy atom. The van der Waals surface area contributed by atoms with Crippen molar-refractivity contribution in [1.82, 2.24) is 0 Å². The fourth-order valence-electron chi connectivity index (χ4n) is 9.83. The van der Waals surface area contributed by atoms with Gasteiger partial charge in [-0.1, -0.05) is 133 Å². The molecule has 12 rings (SSSR count). The van der Waals surface area contributed by atoms with Crippen LogP contribution in [-0.2, 0) is 0 Å². The number of benzene rings is 10. The van der Waals surface area contributed by atoms with Gasteiger partial charge in [-0.05, 0) is 142 Å². The van der Waals surface area contributed by atoms with Gasteiger partial charge < -0.3 is 19.6 Å². The molecule has 5 heteroatoms. The highest BCUT2D eigenvalue weighted by Crippen LogP contribution is 2.46. The molecule has 2 aliphatic heterocycles. The molecular weight excluding hydrogens is 763 g/mol. The lowest BCUT2D eigenvalue weighted by molar-refractivity contribution is 1.23. The van der Waals surface area contributed by atoms with Gasteiger partial charge in [0.05, 0.1) is 0 Å². The van der Waals surface area contributed by atoms with Gasteiger partial charge in [-0.2, -0.15) is 0 Å². The molecule has 10 aromatic carbocycles. The topological polar surface area (TPSA) is 13.0 Å². The van der Waals surface area contributed by atoms with E-state index in [1.54, 1.807) is 0 Å². The van der Waals surface area contributed by atoms with Gasteiger partial charge in [-0.25, -0.2) is 0 Å². The summed E-state index contributed by atoms with van der Waals surface area (Å²) >= 11 is 0. The minimum absolute atomic E-state index is 0.0180. The van der Waals surface area contributed by atoms with E-state index in [4.69, 9.17) is 0 Å². The summed E-state index contributed by atoms with van der Waals surface area (Å²) in [4.78, 5) is 9.65. The maximum absolute atomic E-state index is 2.49. The zero-order valence-electron chi connectivity index (χ0n) is 34.5. The van der Waals surface area contributed by atoms with Crippen LogP contribution in [0.5, 0.6) is 0 Å². The van der Waals surface area contributed by atoms with Crippen LogP contribution in [0.2, 0.25) is 0 Å². The van der Waals surface area contributed by atoms with Gasteiger partial charge in [-0.15, -0.1) is 0 Å². The lowest BCUT2D eigenvalue weighted by Gasteiger charge is -2.44. The first-order valence-electron chi connectivity index (χ1n) is 21.6. The number of hydrogen-bond acceptors (Lipinski definition) is 4. The molecule has 2 heterocycles. The minimum Gasteiger partial charge on any atom is -0.311 e. The van der Waals surface area contributed by atoms with Gasteiger partial charge >= 0.3 is 0 Å². The fourth-order valence-corrected chi connectivity index (χ4v) is 9.83. The molecule has 0 saturated heterocycles. The number of anilines is 12. The Hall–Kier alpha value is -8.28. The van der Waals surface area contributed by atoms with E-state index >= 15 is 0 Å². The van der Waals surface area contributed by atoms with Crippen molar-refractivity contribution < 1.29 is 0 Å². The molecule has 0 N–H and O–H groups in total. The maximum Gasteiger partial charge on any atom is 0.252 e. The van der Waals surface area contributed by atoms with Crippen LogP contribution in [0.3, 0.4) is 0 Å². The van der Waals surface area contributed by atoms with E-state index in [1.165, 1.54) is 44.2 Å². The molecule has 0 aromatic heterocycles. The van der Waals surface area contributed by atoms with Crippen LogP contribution in [0.4, 0.5) is 68.2 Å². The van der Waals surface area contributed by atoms with Gasteiger partial charge in [0.2, 0.25) is 0 Å². The first-order valence-corrected chi connectivity index (χ1v) is 21.6. The summed E-state index contributed by atoms with van der Waals surface area (Å²) in [5.41, 5.74) is 17.4. The summed E-state index contributed by atoms with van der Waals surface area (Å²) in [6, 6.07) is 90.1. The normalized spacial score (nSPS) is 12.3. The van der Waals surface area contributed by atoms with Gasteiger partial charge in [-0.3, -0.25) is 0 Å². The van der Waals surface area contributed by atoms with Crippen LogP contribution < -0.4 is 36.0 Å². The van der Waals surface area contributed by atoms with Crippen molar-refractivity contribution in [1.29, 1.82) is 0 Å². The second kappa shape index (κ2) is 15.3. The Morgan fingerprint density at radius 1 is 0.270 bits per heavy atom. The Bertz CT molecular complexity index is 3210. The molecule has 10 aromatic rings. The van der Waals surface area contributed by atoms with Crippen molar-refractivity contribution in [2.45, 2.75) is 0 Å². The Balaban J connectivity index is 1.08. The third kappa shape index (κ3) is 6.24. The minimum atomic E-state index is 0.0180. The van der Waals surface area contributed by atoms with Gasteiger partial charge in [0.15, 0.2) is 0 Å². The van der Waals surface area contributed by atoms with Crippen LogP contribution in [0.1, 0.15) is 0 Å². The molecular formula is C58H41BN4. The Kier molecular flexibility index (Phi) is 8.89. The summed E-state index contributed by atoms with van der Waals surface area (Å²) < 4.78 is 0. The van der Waals surface area contributed by atoms with Crippen LogP contribution in [0, 0.1) is 0 Å². The van der Waals surface area contributed by atoms with E-state index in [-0.39, 0.29) is 6.71 Å². The van der Waals surface area contributed by atoms with Crippen LogP contribution in [0.25, 0.3) is 10.8 Å². The molecule has 0 atom stereocenters. The Morgan fingerprint density at radius 3 is 1.35 bits per heavy atom. The summed E-state index contributed by atoms with van der Waals surface area (Å²) in [5.74, 6) is 0. The molecule has 0 amide bonds. The van der Waals surface area contributed by atoms with Crippen molar-refractivity contribution in [3.8, 4) is 0 Å². The molecule has 2 aliphatic rings. The lowest BCUT2D eigenvalue weighted by atomic mass is 9.33. The summed E-state index contributed by atoms with van der Waals surface area (Å²) in [6.45, 7) is 0.0180. The number of nitrogens with zero attached hydrogens (tertiary/aromatic N) is 4. The van der Waals surface area contributed by atoms with Crippen molar-refractivity contribution in [2.24, 2.45) is 0 Å². The van der Waals surface area contributed by atoms with Crippen molar-refractivity contribution >= 4 is 102 Å². The molecule has 4 nitrogen and oxygen atoms in total. The molecule has 0 radical (unpaired) electrons. The largest absolute Gasteiger partial charge is 0.311 e. The first kappa shape index (κ1) is 36.6. The second-order valence-electron chi connectivity index (χ2n) is 16.2. The predicted molar refractivity (Wildman–Crippen MR) is 267 cm³/mol. The summed E-state index contributed by atoms with van der Waals surface area (Å²) in [7, 11) is 0. The van der Waals surface area contributed by atoms with E-state index < -0.39 is 0 Å². The van der Waals surface area contributed by atoms with Crippen molar-refractivity contribution in [3.05, 3.63) is 249 Å². The van der Waals surface area contributed by atoms with Gasteiger partial charge in [0.25, 0.3) is 6.71 Å². The number of hydrogen-bond donors (Lipinski definition) is 0. The molecule has 0 fully saturated rings. The standard InChI is InChI=1S/C58H41BN4/c1-5-20-44(21-6-1)60(45-22-7-2-8-23-45)48-34-36-49(37-35-48)63-56-31-17-30-55-58(56)59(52-28-15-16-29-54(52)62(55)47-26-11-4-12-27-47)53-39-38-51(41-57(53)63)61(46-24-9-3-10-25-46)50-33-32-42-18-13-14-19-43(42)40-50/h1-41H. The van der Waals surface area contributed by atoms with Gasteiger partial charge in [0.1, 0.15) is 0 Å². The summed E-state index contributed by atoms with van der Waals surface area (Å²) in [5, 5.41) is 2.43.